The van der Waals surface area contributed by atoms with Gasteiger partial charge in [-0.25, -0.2) is 0 Å². The normalized spacial score (nSPS) is 17.3. The third kappa shape index (κ3) is 2.98. The Morgan fingerprint density at radius 1 is 1.16 bits per heavy atom. The van der Waals surface area contributed by atoms with E-state index in [4.69, 9.17) is 0 Å². The van der Waals surface area contributed by atoms with Crippen molar-refractivity contribution >= 4 is 27.3 Å². The zero-order valence-corrected chi connectivity index (χ0v) is 15.8. The number of hydrogen-bond donors (Lipinski definition) is 0. The Morgan fingerprint density at radius 2 is 1.88 bits per heavy atom. The van der Waals surface area contributed by atoms with Crippen molar-refractivity contribution in [1.82, 2.24) is 29.0 Å². The fraction of sp³-hybridized carbons (Fsp3) is 0.588. The molecular formula is C17H24N6OS. The molecule has 0 amide bonds. The molecule has 0 radical (unpaired) electrons. The maximum atomic E-state index is 12.4. The Bertz CT molecular complexity index is 947. The molecule has 1 aliphatic heterocycles. The zero-order valence-electron chi connectivity index (χ0n) is 15.0. The molecule has 0 unspecified atom stereocenters. The first-order chi connectivity index (χ1) is 12.0. The average Bonchev–Trinajstić information content (AvgIpc) is 3.21. The second-order valence-electron chi connectivity index (χ2n) is 7.22. The van der Waals surface area contributed by atoms with Gasteiger partial charge in [0.25, 0.3) is 5.56 Å². The summed E-state index contributed by atoms with van der Waals surface area (Å²) in [6.07, 6.45) is 0. The summed E-state index contributed by atoms with van der Waals surface area (Å²) in [7, 11) is 1.76. The van der Waals surface area contributed by atoms with Crippen LogP contribution in [0.2, 0.25) is 0 Å². The monoisotopic (exact) mass is 360 g/mol. The van der Waals surface area contributed by atoms with Crippen molar-refractivity contribution in [3.05, 3.63) is 27.6 Å². The first-order valence-corrected chi connectivity index (χ1v) is 9.67. The number of aryl methyl sites for hydroxylation is 1. The van der Waals surface area contributed by atoms with Gasteiger partial charge < -0.3 is 4.90 Å². The van der Waals surface area contributed by atoms with Crippen LogP contribution in [0.4, 0.5) is 0 Å². The van der Waals surface area contributed by atoms with E-state index < -0.39 is 0 Å². The van der Waals surface area contributed by atoms with Gasteiger partial charge in [0.15, 0.2) is 5.82 Å². The predicted octanol–water partition coefficient (Wildman–Crippen LogP) is 1.42. The number of thiophene rings is 1. The van der Waals surface area contributed by atoms with Gasteiger partial charge in [0.1, 0.15) is 4.70 Å². The molecule has 4 heterocycles. The highest BCUT2D eigenvalue weighted by Gasteiger charge is 2.21. The van der Waals surface area contributed by atoms with Crippen molar-refractivity contribution in [2.75, 3.05) is 32.7 Å². The van der Waals surface area contributed by atoms with E-state index in [1.165, 1.54) is 17.9 Å². The first-order valence-electron chi connectivity index (χ1n) is 8.79. The smallest absolute Gasteiger partial charge is 0.272 e. The molecule has 0 atom stereocenters. The predicted molar refractivity (Wildman–Crippen MR) is 100 cm³/mol. The number of piperazine rings is 1. The zero-order chi connectivity index (χ0) is 17.6. The fourth-order valence-electron chi connectivity index (χ4n) is 3.60. The molecule has 0 spiro atoms. The van der Waals surface area contributed by atoms with Crippen LogP contribution in [0.15, 0.2) is 16.2 Å². The van der Waals surface area contributed by atoms with Gasteiger partial charge in [-0.15, -0.1) is 21.5 Å². The van der Waals surface area contributed by atoms with Gasteiger partial charge in [0.2, 0.25) is 5.78 Å². The highest BCUT2D eigenvalue weighted by atomic mass is 32.1. The summed E-state index contributed by atoms with van der Waals surface area (Å²) >= 11 is 1.48. The molecule has 1 fully saturated rings. The van der Waals surface area contributed by atoms with E-state index in [0.29, 0.717) is 11.7 Å². The van der Waals surface area contributed by atoms with Crippen molar-refractivity contribution < 1.29 is 0 Å². The van der Waals surface area contributed by atoms with Gasteiger partial charge in [0, 0.05) is 39.8 Å². The highest BCUT2D eigenvalue weighted by molar-refractivity contribution is 7.17. The van der Waals surface area contributed by atoms with E-state index >= 15 is 0 Å². The Balaban J connectivity index is 1.60. The summed E-state index contributed by atoms with van der Waals surface area (Å²) in [4.78, 5) is 17.4. The molecule has 1 saturated heterocycles. The molecule has 134 valence electrons. The SMILES string of the molecule is CC(C)CN1CCN(Cc2nnc3n(C)c(=O)c4sccc4n23)CC1. The topological polar surface area (TPSA) is 58.7 Å². The largest absolute Gasteiger partial charge is 0.301 e. The Labute approximate surface area is 150 Å². The molecular weight excluding hydrogens is 336 g/mol. The second-order valence-corrected chi connectivity index (χ2v) is 8.14. The molecule has 0 saturated carbocycles. The minimum absolute atomic E-state index is 0.00116. The summed E-state index contributed by atoms with van der Waals surface area (Å²) < 4.78 is 4.39. The molecule has 0 aliphatic carbocycles. The number of hydrogen-bond acceptors (Lipinski definition) is 6. The number of aromatic nitrogens is 4. The number of nitrogens with zero attached hydrogens (tertiary/aromatic N) is 6. The van der Waals surface area contributed by atoms with Crippen LogP contribution in [-0.4, -0.2) is 61.7 Å². The molecule has 0 bridgehead atoms. The summed E-state index contributed by atoms with van der Waals surface area (Å²) in [6, 6.07) is 1.99. The molecule has 1 aliphatic rings. The van der Waals surface area contributed by atoms with Crippen LogP contribution >= 0.6 is 11.3 Å². The van der Waals surface area contributed by atoms with Crippen molar-refractivity contribution in [2.45, 2.75) is 20.4 Å². The quantitative estimate of drug-likeness (QED) is 0.704. The Kier molecular flexibility index (Phi) is 4.35. The summed E-state index contributed by atoms with van der Waals surface area (Å²) in [6.45, 7) is 10.7. The van der Waals surface area contributed by atoms with E-state index in [-0.39, 0.29) is 5.56 Å². The van der Waals surface area contributed by atoms with Gasteiger partial charge in [0.05, 0.1) is 12.1 Å². The van der Waals surface area contributed by atoms with Crippen molar-refractivity contribution in [3.8, 4) is 0 Å². The molecule has 0 N–H and O–H groups in total. The number of rotatable bonds is 4. The molecule has 0 aromatic carbocycles. The second kappa shape index (κ2) is 6.51. The van der Waals surface area contributed by atoms with Crippen LogP contribution in [0.5, 0.6) is 0 Å². The fourth-order valence-corrected chi connectivity index (χ4v) is 4.45. The molecule has 4 rings (SSSR count). The van der Waals surface area contributed by atoms with Gasteiger partial charge in [-0.05, 0) is 17.4 Å². The average molecular weight is 360 g/mol. The van der Waals surface area contributed by atoms with Gasteiger partial charge in [-0.1, -0.05) is 13.8 Å². The lowest BCUT2D eigenvalue weighted by Gasteiger charge is -2.35. The molecule has 3 aromatic rings. The van der Waals surface area contributed by atoms with Crippen LogP contribution in [-0.2, 0) is 13.6 Å². The van der Waals surface area contributed by atoms with Crippen molar-refractivity contribution in [1.29, 1.82) is 0 Å². The lowest BCUT2D eigenvalue weighted by atomic mass is 10.2. The third-order valence-electron chi connectivity index (χ3n) is 4.85. The molecule has 25 heavy (non-hydrogen) atoms. The van der Waals surface area contributed by atoms with Crippen LogP contribution in [0.3, 0.4) is 0 Å². The highest BCUT2D eigenvalue weighted by Crippen LogP contribution is 2.20. The summed E-state index contributed by atoms with van der Waals surface area (Å²) in [5, 5.41) is 10.6. The van der Waals surface area contributed by atoms with E-state index in [1.807, 2.05) is 15.8 Å². The van der Waals surface area contributed by atoms with Crippen LogP contribution in [0, 0.1) is 5.92 Å². The lowest BCUT2D eigenvalue weighted by Crippen LogP contribution is -2.47. The number of fused-ring (bicyclic) bond motifs is 3. The molecule has 3 aromatic heterocycles. The molecule has 8 heteroatoms. The standard InChI is InChI=1S/C17H24N6OS/c1-12(2)10-21-5-7-22(8-6-21)11-14-18-19-17-20(3)16(24)15-13(23(14)17)4-9-25-15/h4,9,12H,5-8,10-11H2,1-3H3. The Morgan fingerprint density at radius 3 is 2.60 bits per heavy atom. The Hall–Kier alpha value is -1.77. The van der Waals surface area contributed by atoms with Crippen LogP contribution < -0.4 is 5.56 Å². The van der Waals surface area contributed by atoms with Crippen molar-refractivity contribution in [2.24, 2.45) is 13.0 Å². The minimum Gasteiger partial charge on any atom is -0.301 e. The maximum absolute atomic E-state index is 12.4. The van der Waals surface area contributed by atoms with Gasteiger partial charge >= 0.3 is 0 Å². The van der Waals surface area contributed by atoms with E-state index in [9.17, 15) is 4.79 Å². The maximum Gasteiger partial charge on any atom is 0.272 e. The van der Waals surface area contributed by atoms with Gasteiger partial charge in [-0.3, -0.25) is 18.7 Å². The van der Waals surface area contributed by atoms with E-state index in [1.54, 1.807) is 11.6 Å². The van der Waals surface area contributed by atoms with E-state index in [0.717, 1.165) is 48.8 Å². The minimum atomic E-state index is -0.00116. The lowest BCUT2D eigenvalue weighted by molar-refractivity contribution is 0.115. The molecule has 7 nitrogen and oxygen atoms in total. The summed E-state index contributed by atoms with van der Waals surface area (Å²) in [5.41, 5.74) is 0.917. The van der Waals surface area contributed by atoms with Crippen LogP contribution in [0.1, 0.15) is 19.7 Å². The van der Waals surface area contributed by atoms with E-state index in [2.05, 4.69) is 33.8 Å². The third-order valence-corrected chi connectivity index (χ3v) is 5.74. The summed E-state index contributed by atoms with van der Waals surface area (Å²) in [5.74, 6) is 2.23. The van der Waals surface area contributed by atoms with Gasteiger partial charge in [-0.2, -0.15) is 0 Å². The van der Waals surface area contributed by atoms with Crippen LogP contribution in [0.25, 0.3) is 16.0 Å². The van der Waals surface area contributed by atoms with Crippen molar-refractivity contribution in [3.63, 3.8) is 0 Å². The first kappa shape index (κ1) is 16.7.